The number of esters is 1. The van der Waals surface area contributed by atoms with Crippen molar-refractivity contribution in [1.82, 2.24) is 10.3 Å². The van der Waals surface area contributed by atoms with Gasteiger partial charge in [-0.25, -0.2) is 9.37 Å². The molecule has 0 aliphatic carbocycles. The molecule has 2 unspecified atom stereocenters. The van der Waals surface area contributed by atoms with Crippen molar-refractivity contribution in [1.29, 1.82) is 0 Å². The van der Waals surface area contributed by atoms with Crippen LogP contribution in [0.2, 0.25) is 0 Å². The molecule has 0 radical (unpaired) electrons. The largest absolute Gasteiger partial charge is 0.490 e. The van der Waals surface area contributed by atoms with Crippen LogP contribution in [0.4, 0.5) is 15.9 Å². The molecular weight excluding hydrogens is 539 g/mol. The van der Waals surface area contributed by atoms with E-state index in [1.807, 2.05) is 39.0 Å². The fourth-order valence-electron chi connectivity index (χ4n) is 4.58. The topological polar surface area (TPSA) is 125 Å². The molecule has 0 saturated carbocycles. The molecule has 4 aromatic rings. The van der Waals surface area contributed by atoms with Crippen LogP contribution in [0.1, 0.15) is 50.4 Å². The van der Waals surface area contributed by atoms with E-state index in [9.17, 15) is 14.0 Å². The van der Waals surface area contributed by atoms with Crippen molar-refractivity contribution in [3.63, 3.8) is 0 Å². The van der Waals surface area contributed by atoms with Gasteiger partial charge in [0.2, 0.25) is 5.91 Å². The lowest BCUT2D eigenvalue weighted by Gasteiger charge is -2.25. The summed E-state index contributed by atoms with van der Waals surface area (Å²) in [5.74, 6) is -0.236. The van der Waals surface area contributed by atoms with Gasteiger partial charge in [0.15, 0.2) is 11.5 Å². The first-order valence-corrected chi connectivity index (χ1v) is 13.7. The molecule has 1 heterocycles. The number of nitrogens with two attached hydrogens (primary N) is 1. The van der Waals surface area contributed by atoms with Crippen molar-refractivity contribution < 1.29 is 28.2 Å². The van der Waals surface area contributed by atoms with Gasteiger partial charge in [0.1, 0.15) is 17.7 Å². The second kappa shape index (κ2) is 13.7. The molecule has 0 aliphatic heterocycles. The van der Waals surface area contributed by atoms with Crippen molar-refractivity contribution in [3.8, 4) is 11.5 Å². The van der Waals surface area contributed by atoms with E-state index in [-0.39, 0.29) is 18.1 Å². The van der Waals surface area contributed by atoms with Crippen LogP contribution in [-0.4, -0.2) is 36.7 Å². The number of hydrogen-bond acceptors (Lipinski definition) is 8. The fourth-order valence-corrected chi connectivity index (χ4v) is 4.58. The first kappa shape index (κ1) is 30.1. The van der Waals surface area contributed by atoms with Gasteiger partial charge in [0.05, 0.1) is 32.3 Å². The highest BCUT2D eigenvalue weighted by Crippen LogP contribution is 2.34. The summed E-state index contributed by atoms with van der Waals surface area (Å²) < 4.78 is 31.4. The first-order valence-electron chi connectivity index (χ1n) is 13.7. The summed E-state index contributed by atoms with van der Waals surface area (Å²) in [6.45, 7) is 6.06. The van der Waals surface area contributed by atoms with E-state index in [2.05, 4.69) is 15.6 Å². The monoisotopic (exact) mass is 574 g/mol. The molecule has 3 aromatic carbocycles. The van der Waals surface area contributed by atoms with Crippen LogP contribution in [0.5, 0.6) is 11.5 Å². The van der Waals surface area contributed by atoms with Gasteiger partial charge >= 0.3 is 5.97 Å². The number of nitrogens with one attached hydrogen (secondary N) is 2. The van der Waals surface area contributed by atoms with E-state index >= 15 is 0 Å². The van der Waals surface area contributed by atoms with Gasteiger partial charge in [-0.3, -0.25) is 9.59 Å². The average molecular weight is 575 g/mol. The zero-order chi connectivity index (χ0) is 30.2. The molecule has 4 N–H and O–H groups in total. The smallest absolute Gasteiger partial charge is 0.307 e. The Morgan fingerprint density at radius 3 is 2.52 bits per heavy atom. The highest BCUT2D eigenvalue weighted by molar-refractivity contribution is 5.94. The maximum absolute atomic E-state index is 14.8. The third-order valence-corrected chi connectivity index (χ3v) is 6.53. The summed E-state index contributed by atoms with van der Waals surface area (Å²) in [7, 11) is 1.24. The lowest BCUT2D eigenvalue weighted by molar-refractivity contribution is -0.141. The predicted molar refractivity (Wildman–Crippen MR) is 160 cm³/mol. The summed E-state index contributed by atoms with van der Waals surface area (Å²) in [6, 6.07) is 16.6. The highest BCUT2D eigenvalue weighted by Gasteiger charge is 2.28. The number of fused-ring (bicyclic) bond motifs is 1. The number of nitrogens with zero attached hydrogens (tertiary/aromatic N) is 1. The van der Waals surface area contributed by atoms with E-state index in [1.165, 1.54) is 25.3 Å². The van der Waals surface area contributed by atoms with Gasteiger partial charge in [-0.1, -0.05) is 24.3 Å². The molecule has 9 nitrogen and oxygen atoms in total. The van der Waals surface area contributed by atoms with E-state index in [1.54, 1.807) is 36.5 Å². The third kappa shape index (κ3) is 7.25. The Kier molecular flexibility index (Phi) is 9.80. The minimum Gasteiger partial charge on any atom is -0.490 e. The van der Waals surface area contributed by atoms with E-state index in [4.69, 9.17) is 19.9 Å². The molecule has 0 fully saturated rings. The van der Waals surface area contributed by atoms with E-state index < -0.39 is 29.8 Å². The number of pyridine rings is 1. The van der Waals surface area contributed by atoms with Gasteiger partial charge in [-0.15, -0.1) is 0 Å². The van der Waals surface area contributed by atoms with Crippen LogP contribution in [-0.2, 0) is 14.3 Å². The first-order chi connectivity index (χ1) is 20.2. The zero-order valence-corrected chi connectivity index (χ0v) is 24.0. The molecular formula is C32H35FN4O5. The molecule has 0 aliphatic rings. The normalized spacial score (nSPS) is 12.4. The number of carbonyl (C=O) groups excluding carboxylic acids is 2. The molecule has 0 spiro atoms. The van der Waals surface area contributed by atoms with Gasteiger partial charge in [-0.2, -0.15) is 0 Å². The van der Waals surface area contributed by atoms with Gasteiger partial charge < -0.3 is 30.6 Å². The Labute approximate surface area is 244 Å². The minimum atomic E-state index is -0.979. The quantitative estimate of drug-likeness (QED) is 0.184. The molecule has 220 valence electrons. The van der Waals surface area contributed by atoms with E-state index in [0.29, 0.717) is 35.2 Å². The third-order valence-electron chi connectivity index (χ3n) is 6.53. The number of amides is 1. The summed E-state index contributed by atoms with van der Waals surface area (Å²) in [6.07, 6.45) is 1.26. The van der Waals surface area contributed by atoms with Gasteiger partial charge in [0, 0.05) is 22.8 Å². The minimum absolute atomic E-state index is 0.0911. The van der Waals surface area contributed by atoms with Crippen molar-refractivity contribution >= 4 is 34.2 Å². The van der Waals surface area contributed by atoms with Gasteiger partial charge in [0.25, 0.3) is 0 Å². The maximum atomic E-state index is 14.8. The number of benzene rings is 3. The van der Waals surface area contributed by atoms with Crippen LogP contribution in [0, 0.1) is 5.82 Å². The summed E-state index contributed by atoms with van der Waals surface area (Å²) in [5, 5.41) is 7.76. The van der Waals surface area contributed by atoms with Crippen molar-refractivity contribution in [2.75, 3.05) is 24.8 Å². The van der Waals surface area contributed by atoms with Crippen molar-refractivity contribution in [2.45, 2.75) is 45.4 Å². The molecule has 10 heteroatoms. The number of aromatic nitrogens is 1. The number of hydrogen-bond donors (Lipinski definition) is 3. The molecule has 1 amide bonds. The van der Waals surface area contributed by atoms with E-state index in [0.717, 1.165) is 10.8 Å². The number of anilines is 2. The maximum Gasteiger partial charge on any atom is 0.307 e. The Morgan fingerprint density at radius 1 is 1.02 bits per heavy atom. The van der Waals surface area contributed by atoms with Crippen LogP contribution in [0.25, 0.3) is 10.8 Å². The van der Waals surface area contributed by atoms with Crippen LogP contribution >= 0.6 is 0 Å². The molecule has 0 saturated heterocycles. The second-order valence-electron chi connectivity index (χ2n) is 9.88. The molecule has 2 atom stereocenters. The van der Waals surface area contributed by atoms with Crippen molar-refractivity contribution in [3.05, 3.63) is 89.9 Å². The number of nitrogen functional groups attached to an aromatic ring is 1. The second-order valence-corrected chi connectivity index (χ2v) is 9.88. The molecule has 42 heavy (non-hydrogen) atoms. The Balaban J connectivity index is 1.75. The predicted octanol–water partition coefficient (Wildman–Crippen LogP) is 5.72. The van der Waals surface area contributed by atoms with Crippen molar-refractivity contribution in [2.24, 2.45) is 0 Å². The summed E-state index contributed by atoms with van der Waals surface area (Å²) in [4.78, 5) is 30.4. The molecule has 4 rings (SSSR count). The standard InChI is InChI=1S/C32H35FN4O5/c1-5-41-28-17-21(10-13-27(28)42-19(2)3)30(36-22-11-12-23-20(16-22)14-15-35-31(23)34)32(39)37-26(18-29(38)40-4)24-8-6-7-9-25(24)33/h6-17,19,26,30,36H,5,18H2,1-4H3,(H2,34,35)(H,37,39). The average Bonchev–Trinajstić information content (AvgIpc) is 2.96. The van der Waals surface area contributed by atoms with Crippen LogP contribution in [0.3, 0.4) is 0 Å². The highest BCUT2D eigenvalue weighted by atomic mass is 19.1. The summed E-state index contributed by atoms with van der Waals surface area (Å²) >= 11 is 0. The van der Waals surface area contributed by atoms with Gasteiger partial charge in [-0.05, 0) is 74.2 Å². The van der Waals surface area contributed by atoms with Crippen LogP contribution in [0.15, 0.2) is 72.9 Å². The van der Waals surface area contributed by atoms with Crippen LogP contribution < -0.4 is 25.8 Å². The number of carbonyl (C=O) groups is 2. The number of ether oxygens (including phenoxy) is 3. The number of methoxy groups -OCH3 is 1. The SMILES string of the molecule is CCOc1cc(C(Nc2ccc3c(N)nccc3c2)C(=O)NC(CC(=O)OC)c2ccccc2F)ccc1OC(C)C. The zero-order valence-electron chi connectivity index (χ0n) is 24.0. The lowest BCUT2D eigenvalue weighted by atomic mass is 10.00. The summed E-state index contributed by atoms with van der Waals surface area (Å²) in [5.41, 5.74) is 7.38. The Hall–Kier alpha value is -4.86. The lowest BCUT2D eigenvalue weighted by Crippen LogP contribution is -2.37. The Bertz CT molecular complexity index is 1560. The Morgan fingerprint density at radius 2 is 1.81 bits per heavy atom. The molecule has 0 bridgehead atoms. The molecule has 1 aromatic heterocycles. The fraction of sp³-hybridized carbons (Fsp3) is 0.281. The number of halogens is 1. The number of rotatable bonds is 12.